The summed E-state index contributed by atoms with van der Waals surface area (Å²) in [6, 6.07) is 9.46. The van der Waals surface area contributed by atoms with E-state index >= 15 is 0 Å². The summed E-state index contributed by atoms with van der Waals surface area (Å²) >= 11 is 0. The molecule has 0 saturated carbocycles. The topological polar surface area (TPSA) is 37.4 Å². The number of nitrogens with zero attached hydrogens (tertiary/aromatic N) is 1. The van der Waals surface area contributed by atoms with Gasteiger partial charge in [-0.2, -0.15) is 4.31 Å². The van der Waals surface area contributed by atoms with Gasteiger partial charge < -0.3 is 0 Å². The fourth-order valence-electron chi connectivity index (χ4n) is 1.68. The molecule has 0 spiro atoms. The van der Waals surface area contributed by atoms with Crippen molar-refractivity contribution in [2.75, 3.05) is 13.1 Å². The molecular formula is C14H21NO2S. The highest BCUT2D eigenvalue weighted by atomic mass is 32.2. The third kappa shape index (κ3) is 4.63. The van der Waals surface area contributed by atoms with Crippen LogP contribution >= 0.6 is 0 Å². The van der Waals surface area contributed by atoms with Crippen LogP contribution in [0.25, 0.3) is 6.08 Å². The zero-order valence-corrected chi connectivity index (χ0v) is 11.9. The lowest BCUT2D eigenvalue weighted by atomic mass is 10.2. The lowest BCUT2D eigenvalue weighted by Crippen LogP contribution is -2.30. The van der Waals surface area contributed by atoms with Crippen molar-refractivity contribution in [3.8, 4) is 0 Å². The smallest absolute Gasteiger partial charge is 0.208 e. The molecule has 0 atom stereocenters. The summed E-state index contributed by atoms with van der Waals surface area (Å²) in [5.74, 6) is 0. The highest BCUT2D eigenvalue weighted by molar-refractivity contribution is 7.92. The predicted molar refractivity (Wildman–Crippen MR) is 76.6 cm³/mol. The normalized spacial score (nSPS) is 12.4. The number of benzene rings is 1. The first-order chi connectivity index (χ1) is 8.60. The molecule has 0 fully saturated rings. The van der Waals surface area contributed by atoms with Crippen molar-refractivity contribution in [2.45, 2.75) is 26.7 Å². The van der Waals surface area contributed by atoms with Crippen LogP contribution in [0, 0.1) is 0 Å². The molecule has 100 valence electrons. The molecule has 3 nitrogen and oxygen atoms in total. The Morgan fingerprint density at radius 1 is 1.06 bits per heavy atom. The van der Waals surface area contributed by atoms with Gasteiger partial charge in [0.2, 0.25) is 10.0 Å². The molecule has 18 heavy (non-hydrogen) atoms. The summed E-state index contributed by atoms with van der Waals surface area (Å²) in [5, 5.41) is 1.30. The van der Waals surface area contributed by atoms with E-state index in [1.54, 1.807) is 6.08 Å². The van der Waals surface area contributed by atoms with Crippen molar-refractivity contribution >= 4 is 16.1 Å². The first-order valence-electron chi connectivity index (χ1n) is 6.33. The minimum Gasteiger partial charge on any atom is -0.208 e. The summed E-state index contributed by atoms with van der Waals surface area (Å²) in [6.45, 7) is 5.13. The van der Waals surface area contributed by atoms with Gasteiger partial charge in [0.25, 0.3) is 0 Å². The molecule has 4 heteroatoms. The molecule has 0 aliphatic heterocycles. The second-order valence-electron chi connectivity index (χ2n) is 4.16. The zero-order valence-electron chi connectivity index (χ0n) is 11.0. The van der Waals surface area contributed by atoms with Gasteiger partial charge in [0.1, 0.15) is 0 Å². The van der Waals surface area contributed by atoms with E-state index in [2.05, 4.69) is 0 Å². The fourth-order valence-corrected chi connectivity index (χ4v) is 3.06. The maximum Gasteiger partial charge on any atom is 0.236 e. The minimum atomic E-state index is -3.29. The summed E-state index contributed by atoms with van der Waals surface area (Å²) in [7, 11) is -3.29. The van der Waals surface area contributed by atoms with Gasteiger partial charge in [-0.25, -0.2) is 8.42 Å². The van der Waals surface area contributed by atoms with Gasteiger partial charge in [0, 0.05) is 18.5 Å². The maximum atomic E-state index is 12.1. The lowest BCUT2D eigenvalue weighted by Gasteiger charge is -2.18. The molecule has 0 bridgehead atoms. The first kappa shape index (κ1) is 14.9. The van der Waals surface area contributed by atoms with Crippen LogP contribution in [-0.2, 0) is 10.0 Å². The third-order valence-corrected chi connectivity index (χ3v) is 4.10. The number of hydrogen-bond acceptors (Lipinski definition) is 2. The zero-order chi connectivity index (χ0) is 13.4. The van der Waals surface area contributed by atoms with Gasteiger partial charge in [-0.05, 0) is 24.5 Å². The van der Waals surface area contributed by atoms with Crippen molar-refractivity contribution in [1.29, 1.82) is 0 Å². The van der Waals surface area contributed by atoms with Gasteiger partial charge in [-0.3, -0.25) is 0 Å². The average molecular weight is 267 g/mol. The highest BCUT2D eigenvalue weighted by Gasteiger charge is 2.16. The van der Waals surface area contributed by atoms with E-state index in [-0.39, 0.29) is 0 Å². The molecular weight excluding hydrogens is 246 g/mol. The summed E-state index contributed by atoms with van der Waals surface area (Å²) < 4.78 is 25.8. The van der Waals surface area contributed by atoms with E-state index in [9.17, 15) is 8.42 Å². The van der Waals surface area contributed by atoms with Gasteiger partial charge in [0.05, 0.1) is 0 Å². The molecule has 0 aliphatic carbocycles. The van der Waals surface area contributed by atoms with Crippen LogP contribution in [0.4, 0.5) is 0 Å². The first-order valence-corrected chi connectivity index (χ1v) is 7.83. The largest absolute Gasteiger partial charge is 0.236 e. The van der Waals surface area contributed by atoms with Gasteiger partial charge in [0.15, 0.2) is 0 Å². The highest BCUT2D eigenvalue weighted by Crippen LogP contribution is 2.09. The summed E-state index contributed by atoms with van der Waals surface area (Å²) in [4.78, 5) is 0. The van der Waals surface area contributed by atoms with Crippen LogP contribution < -0.4 is 0 Å². The Balaban J connectivity index is 2.82. The van der Waals surface area contributed by atoms with Gasteiger partial charge in [-0.1, -0.05) is 44.2 Å². The van der Waals surface area contributed by atoms with Crippen LogP contribution in [0.2, 0.25) is 0 Å². The Morgan fingerprint density at radius 2 is 1.61 bits per heavy atom. The Hall–Kier alpha value is -1.13. The molecule has 0 aromatic heterocycles. The molecule has 1 aromatic carbocycles. The van der Waals surface area contributed by atoms with E-state index in [1.165, 1.54) is 9.71 Å². The van der Waals surface area contributed by atoms with Crippen LogP contribution in [-0.4, -0.2) is 25.8 Å². The quantitative estimate of drug-likeness (QED) is 0.761. The third-order valence-electron chi connectivity index (χ3n) is 2.54. The predicted octanol–water partition coefficient (Wildman–Crippen LogP) is 3.11. The molecule has 0 unspecified atom stereocenters. The molecule has 0 saturated heterocycles. The minimum absolute atomic E-state index is 0.579. The van der Waals surface area contributed by atoms with Crippen molar-refractivity contribution in [3.63, 3.8) is 0 Å². The van der Waals surface area contributed by atoms with Crippen LogP contribution in [0.5, 0.6) is 0 Å². The van der Waals surface area contributed by atoms with Crippen LogP contribution in [0.3, 0.4) is 0 Å². The summed E-state index contributed by atoms with van der Waals surface area (Å²) in [6.07, 6.45) is 3.31. The SMILES string of the molecule is CCCN(CCC)S(=O)(=O)C=Cc1ccccc1. The van der Waals surface area contributed by atoms with E-state index in [0.29, 0.717) is 13.1 Å². The second kappa shape index (κ2) is 7.34. The summed E-state index contributed by atoms with van der Waals surface area (Å²) in [5.41, 5.74) is 0.897. The van der Waals surface area contributed by atoms with E-state index in [4.69, 9.17) is 0 Å². The molecule has 0 amide bonds. The Morgan fingerprint density at radius 3 is 2.11 bits per heavy atom. The number of hydrogen-bond donors (Lipinski definition) is 0. The van der Waals surface area contributed by atoms with Crippen LogP contribution in [0.1, 0.15) is 32.3 Å². The van der Waals surface area contributed by atoms with Gasteiger partial charge >= 0.3 is 0 Å². The maximum absolute atomic E-state index is 12.1. The van der Waals surface area contributed by atoms with Gasteiger partial charge in [-0.15, -0.1) is 0 Å². The molecule has 0 aliphatic rings. The van der Waals surface area contributed by atoms with E-state index in [0.717, 1.165) is 18.4 Å². The van der Waals surface area contributed by atoms with E-state index in [1.807, 2.05) is 44.2 Å². The van der Waals surface area contributed by atoms with Crippen molar-refractivity contribution in [1.82, 2.24) is 4.31 Å². The molecule has 1 rings (SSSR count). The van der Waals surface area contributed by atoms with Crippen molar-refractivity contribution < 1.29 is 8.42 Å². The standard InChI is InChI=1S/C14H21NO2S/c1-3-11-15(12-4-2)18(16,17)13-10-14-8-6-5-7-9-14/h5-10,13H,3-4,11-12H2,1-2H3. The Bertz CT molecular complexity index is 460. The van der Waals surface area contributed by atoms with Crippen molar-refractivity contribution in [2.24, 2.45) is 0 Å². The lowest BCUT2D eigenvalue weighted by molar-refractivity contribution is 0.416. The average Bonchev–Trinajstić information content (AvgIpc) is 2.37. The second-order valence-corrected chi connectivity index (χ2v) is 5.98. The Labute approximate surface area is 110 Å². The van der Waals surface area contributed by atoms with Crippen LogP contribution in [0.15, 0.2) is 35.7 Å². The van der Waals surface area contributed by atoms with Crippen molar-refractivity contribution in [3.05, 3.63) is 41.3 Å². The Kier molecular flexibility index (Phi) is 6.09. The van der Waals surface area contributed by atoms with E-state index < -0.39 is 10.0 Å². The molecule has 0 N–H and O–H groups in total. The number of rotatable bonds is 7. The molecule has 0 radical (unpaired) electrons. The molecule has 0 heterocycles. The molecule has 1 aromatic rings. The fraction of sp³-hybridized carbons (Fsp3) is 0.429. The monoisotopic (exact) mass is 267 g/mol. The number of sulfonamides is 1.